The molecule has 1 heterocycles. The van der Waals surface area contributed by atoms with Gasteiger partial charge < -0.3 is 23.7 Å². The number of alkyl halides is 3. The topological polar surface area (TPSA) is 111 Å². The number of aromatic nitrogens is 1. The minimum Gasteiger partial charge on any atom is -0.480 e. The fourth-order valence-electron chi connectivity index (χ4n) is 3.55. The predicted octanol–water partition coefficient (Wildman–Crippen LogP) is 5.62. The van der Waals surface area contributed by atoms with E-state index in [0.717, 1.165) is 24.1 Å². The monoisotopic (exact) mass is 540 g/mol. The minimum atomic E-state index is -4.80. The number of carbonyl (C=O) groups excluding carboxylic acids is 1. The van der Waals surface area contributed by atoms with Crippen LogP contribution in [0.3, 0.4) is 0 Å². The first-order chi connectivity index (χ1) is 17.9. The molecule has 0 aliphatic heterocycles. The van der Waals surface area contributed by atoms with Crippen LogP contribution in [0.15, 0.2) is 46.9 Å². The molecule has 13 heteroatoms. The summed E-state index contributed by atoms with van der Waals surface area (Å²) in [4.78, 5) is 28.4. The number of halogens is 4. The number of carbonyl (C=O) groups is 2. The lowest BCUT2D eigenvalue weighted by Crippen LogP contribution is -2.37. The molecule has 3 aromatic rings. The smallest absolute Gasteiger partial charge is 0.480 e. The summed E-state index contributed by atoms with van der Waals surface area (Å²) in [5, 5.41) is 9.10. The molecule has 1 amide bonds. The van der Waals surface area contributed by atoms with E-state index in [1.807, 2.05) is 0 Å². The average molecular weight is 540 g/mol. The average Bonchev–Trinajstić information content (AvgIpc) is 3.21. The number of carboxylic acid groups (broad SMARTS) is 1. The lowest BCUT2D eigenvalue weighted by Gasteiger charge is -2.27. The van der Waals surface area contributed by atoms with Crippen molar-refractivity contribution < 1.29 is 50.9 Å². The second kappa shape index (κ2) is 11.9. The standard InChI is InChI=1S/C25H24F4N2O7/c1-14(31(11-22(32)33)24(34)35-3)18-8-16(9-19(26)10-18)12-36-13-21-15(2)37-23(30-21)17-4-6-20(7-5-17)38-25(27,28)29/h4-10,14H,11-13H2,1-3H3,(H,32,33). The van der Waals surface area contributed by atoms with Crippen molar-refractivity contribution in [2.24, 2.45) is 0 Å². The molecular formula is C25H24F4N2O7. The number of aryl methyl sites for hydroxylation is 1. The quantitative estimate of drug-likeness (QED) is 0.330. The van der Waals surface area contributed by atoms with Gasteiger partial charge in [0.1, 0.15) is 29.6 Å². The van der Waals surface area contributed by atoms with Gasteiger partial charge in [0, 0.05) is 5.56 Å². The minimum absolute atomic E-state index is 0.0146. The molecule has 0 spiro atoms. The SMILES string of the molecule is COC(=O)N(CC(=O)O)C(C)c1cc(F)cc(COCc2nc(-c3ccc(OC(F)(F)F)cc3)oc2C)c1. The van der Waals surface area contributed by atoms with E-state index in [-0.39, 0.29) is 24.9 Å². The lowest BCUT2D eigenvalue weighted by molar-refractivity contribution is -0.274. The Hall–Kier alpha value is -4.13. The molecule has 1 N–H and O–H groups in total. The predicted molar refractivity (Wildman–Crippen MR) is 123 cm³/mol. The Balaban J connectivity index is 1.67. The van der Waals surface area contributed by atoms with E-state index >= 15 is 0 Å². The molecule has 2 aromatic carbocycles. The molecule has 0 radical (unpaired) electrons. The molecule has 1 unspecified atom stereocenters. The van der Waals surface area contributed by atoms with Crippen molar-refractivity contribution in [1.82, 2.24) is 9.88 Å². The Labute approximate surface area is 214 Å². The van der Waals surface area contributed by atoms with Crippen molar-refractivity contribution in [2.45, 2.75) is 39.5 Å². The zero-order valence-corrected chi connectivity index (χ0v) is 20.5. The molecule has 0 aliphatic rings. The first kappa shape index (κ1) is 28.4. The number of aliphatic carboxylic acids is 1. The highest BCUT2D eigenvalue weighted by atomic mass is 19.4. The van der Waals surface area contributed by atoms with Gasteiger partial charge in [0.2, 0.25) is 5.89 Å². The van der Waals surface area contributed by atoms with Crippen LogP contribution < -0.4 is 4.74 Å². The van der Waals surface area contributed by atoms with E-state index < -0.39 is 36.8 Å². The van der Waals surface area contributed by atoms with Gasteiger partial charge in [-0.1, -0.05) is 6.07 Å². The zero-order chi connectivity index (χ0) is 28.0. The Kier molecular flexibility index (Phi) is 8.94. The number of hydrogen-bond acceptors (Lipinski definition) is 7. The Bertz CT molecular complexity index is 1280. The number of methoxy groups -OCH3 is 1. The largest absolute Gasteiger partial charge is 0.573 e. The second-order valence-corrected chi connectivity index (χ2v) is 8.15. The fraction of sp³-hybridized carbons (Fsp3) is 0.320. The van der Waals surface area contributed by atoms with Crippen LogP contribution in [0.4, 0.5) is 22.4 Å². The van der Waals surface area contributed by atoms with Crippen molar-refractivity contribution in [3.05, 3.63) is 70.9 Å². The van der Waals surface area contributed by atoms with E-state index in [2.05, 4.69) is 14.5 Å². The molecule has 1 atom stereocenters. The highest BCUT2D eigenvalue weighted by molar-refractivity contribution is 5.77. The first-order valence-corrected chi connectivity index (χ1v) is 11.1. The maximum atomic E-state index is 14.3. The van der Waals surface area contributed by atoms with Crippen molar-refractivity contribution >= 4 is 12.1 Å². The number of rotatable bonds is 10. The van der Waals surface area contributed by atoms with Crippen molar-refractivity contribution in [2.75, 3.05) is 13.7 Å². The third-order valence-electron chi connectivity index (χ3n) is 5.38. The van der Waals surface area contributed by atoms with E-state index in [1.54, 1.807) is 19.9 Å². The third-order valence-corrected chi connectivity index (χ3v) is 5.38. The highest BCUT2D eigenvalue weighted by Gasteiger charge is 2.31. The molecule has 3 rings (SSSR count). The van der Waals surface area contributed by atoms with Gasteiger partial charge in [0.25, 0.3) is 0 Å². The zero-order valence-electron chi connectivity index (χ0n) is 20.5. The molecular weight excluding hydrogens is 516 g/mol. The van der Waals surface area contributed by atoms with Gasteiger partial charge >= 0.3 is 18.4 Å². The van der Waals surface area contributed by atoms with Crippen LogP contribution in [0.25, 0.3) is 11.5 Å². The van der Waals surface area contributed by atoms with Gasteiger partial charge in [-0.3, -0.25) is 9.69 Å². The normalized spacial score (nSPS) is 12.2. The van der Waals surface area contributed by atoms with Crippen LogP contribution >= 0.6 is 0 Å². The summed E-state index contributed by atoms with van der Waals surface area (Å²) in [5.41, 5.74) is 1.62. The molecule has 0 aliphatic carbocycles. The molecule has 0 bridgehead atoms. The summed E-state index contributed by atoms with van der Waals surface area (Å²) in [6.07, 6.45) is -5.67. The van der Waals surface area contributed by atoms with Crippen LogP contribution in [0.1, 0.15) is 35.5 Å². The number of ether oxygens (including phenoxy) is 3. The van der Waals surface area contributed by atoms with Gasteiger partial charge in [-0.2, -0.15) is 0 Å². The molecule has 0 fully saturated rings. The van der Waals surface area contributed by atoms with Crippen molar-refractivity contribution in [3.63, 3.8) is 0 Å². The molecule has 1 aromatic heterocycles. The lowest BCUT2D eigenvalue weighted by atomic mass is 10.0. The van der Waals surface area contributed by atoms with Gasteiger partial charge in [-0.05, 0) is 61.4 Å². The summed E-state index contributed by atoms with van der Waals surface area (Å²) in [6, 6.07) is 8.21. The van der Waals surface area contributed by atoms with Crippen LogP contribution in [-0.2, 0) is 27.5 Å². The number of hydrogen-bond donors (Lipinski definition) is 1. The Morgan fingerprint density at radius 3 is 2.42 bits per heavy atom. The van der Waals surface area contributed by atoms with Gasteiger partial charge in [-0.15, -0.1) is 13.2 Å². The van der Waals surface area contributed by atoms with Gasteiger partial charge in [0.15, 0.2) is 0 Å². The van der Waals surface area contributed by atoms with E-state index in [9.17, 15) is 27.2 Å². The fourth-order valence-corrected chi connectivity index (χ4v) is 3.55. The maximum Gasteiger partial charge on any atom is 0.573 e. The van der Waals surface area contributed by atoms with Crippen LogP contribution in [0.5, 0.6) is 5.75 Å². The number of carboxylic acids is 1. The Morgan fingerprint density at radius 2 is 1.82 bits per heavy atom. The van der Waals surface area contributed by atoms with Crippen LogP contribution in [-0.4, -0.2) is 47.1 Å². The van der Waals surface area contributed by atoms with Crippen LogP contribution in [0, 0.1) is 12.7 Å². The van der Waals surface area contributed by atoms with Gasteiger partial charge in [0.05, 0.1) is 26.4 Å². The molecule has 0 saturated heterocycles. The first-order valence-electron chi connectivity index (χ1n) is 11.1. The second-order valence-electron chi connectivity index (χ2n) is 8.15. The number of amides is 1. The third kappa shape index (κ3) is 7.68. The number of nitrogens with zero attached hydrogens (tertiary/aromatic N) is 2. The molecule has 204 valence electrons. The highest BCUT2D eigenvalue weighted by Crippen LogP contribution is 2.28. The summed E-state index contributed by atoms with van der Waals surface area (Å²) in [5.74, 6) is -1.65. The molecule has 38 heavy (non-hydrogen) atoms. The molecule has 0 saturated carbocycles. The molecule has 9 nitrogen and oxygen atoms in total. The number of benzene rings is 2. The Morgan fingerprint density at radius 1 is 1.13 bits per heavy atom. The van der Waals surface area contributed by atoms with E-state index in [1.165, 1.54) is 24.3 Å². The summed E-state index contributed by atoms with van der Waals surface area (Å²) in [6.45, 7) is 2.49. The summed E-state index contributed by atoms with van der Waals surface area (Å²) in [7, 11) is 1.11. The maximum absolute atomic E-state index is 14.3. The summed E-state index contributed by atoms with van der Waals surface area (Å²) >= 11 is 0. The van der Waals surface area contributed by atoms with Crippen LogP contribution in [0.2, 0.25) is 0 Å². The van der Waals surface area contributed by atoms with E-state index in [0.29, 0.717) is 28.1 Å². The van der Waals surface area contributed by atoms with Gasteiger partial charge in [-0.25, -0.2) is 14.2 Å². The number of oxazole rings is 1. The summed E-state index contributed by atoms with van der Waals surface area (Å²) < 4.78 is 71.1. The van der Waals surface area contributed by atoms with Crippen molar-refractivity contribution in [1.29, 1.82) is 0 Å². The van der Waals surface area contributed by atoms with E-state index in [4.69, 9.17) is 14.3 Å². The van der Waals surface area contributed by atoms with Crippen molar-refractivity contribution in [3.8, 4) is 17.2 Å².